The fourth-order valence-electron chi connectivity index (χ4n) is 3.04. The molecule has 0 bridgehead atoms. The molecule has 2 heterocycles. The number of aliphatic hydroxyl groups excluding tert-OH is 1. The zero-order valence-electron chi connectivity index (χ0n) is 15.7. The van der Waals surface area contributed by atoms with E-state index >= 15 is 0 Å². The highest BCUT2D eigenvalue weighted by molar-refractivity contribution is 7.17. The Kier molecular flexibility index (Phi) is 5.81. The fourth-order valence-corrected chi connectivity index (χ4v) is 4.07. The minimum atomic E-state index is -0.907. The van der Waals surface area contributed by atoms with E-state index in [0.717, 1.165) is 11.1 Å². The van der Waals surface area contributed by atoms with Gasteiger partial charge in [-0.1, -0.05) is 23.7 Å². The quantitative estimate of drug-likeness (QED) is 0.490. The van der Waals surface area contributed by atoms with Crippen molar-refractivity contribution in [2.24, 2.45) is 0 Å². The number of fused-ring (bicyclic) bond motifs is 1. The molecule has 8 heteroatoms. The Morgan fingerprint density at radius 1 is 1.20 bits per heavy atom. The average Bonchev–Trinajstić information content (AvgIpc) is 3.20. The number of nitrogens with zero attached hydrogens (tertiary/aromatic N) is 3. The van der Waals surface area contributed by atoms with Gasteiger partial charge in [0, 0.05) is 16.0 Å². The Morgan fingerprint density at radius 3 is 2.63 bits per heavy atom. The Hall–Kier alpha value is -3.18. The lowest BCUT2D eigenvalue weighted by Crippen LogP contribution is -2.30. The van der Waals surface area contributed by atoms with Crippen LogP contribution in [-0.2, 0) is 6.54 Å². The molecule has 1 N–H and O–H groups in total. The van der Waals surface area contributed by atoms with E-state index < -0.39 is 6.10 Å². The van der Waals surface area contributed by atoms with Gasteiger partial charge in [0.1, 0.15) is 23.3 Å². The molecule has 30 heavy (non-hydrogen) atoms. The third kappa shape index (κ3) is 4.21. The second kappa shape index (κ2) is 8.67. The number of hydrogen-bond donors (Lipinski definition) is 1. The van der Waals surface area contributed by atoms with Gasteiger partial charge in [0.25, 0.3) is 5.56 Å². The van der Waals surface area contributed by atoms with Crippen LogP contribution in [0.2, 0.25) is 5.02 Å². The highest BCUT2D eigenvalue weighted by atomic mass is 35.5. The molecule has 2 aromatic carbocycles. The number of nitriles is 1. The molecule has 0 aliphatic heterocycles. The van der Waals surface area contributed by atoms with Crippen LogP contribution in [0.15, 0.2) is 65.0 Å². The molecule has 0 unspecified atom stereocenters. The molecule has 1 atom stereocenters. The van der Waals surface area contributed by atoms with Crippen LogP contribution in [0.25, 0.3) is 21.3 Å². The molecule has 4 rings (SSSR count). The fraction of sp³-hybridized carbons (Fsp3) is 0.136. The smallest absolute Gasteiger partial charge is 0.262 e. The van der Waals surface area contributed by atoms with Crippen molar-refractivity contribution in [3.05, 3.63) is 81.2 Å². The van der Waals surface area contributed by atoms with Gasteiger partial charge >= 0.3 is 0 Å². The van der Waals surface area contributed by atoms with E-state index in [1.54, 1.807) is 36.4 Å². The van der Waals surface area contributed by atoms with Crippen molar-refractivity contribution in [2.45, 2.75) is 12.6 Å². The van der Waals surface area contributed by atoms with Crippen molar-refractivity contribution in [1.29, 1.82) is 5.26 Å². The summed E-state index contributed by atoms with van der Waals surface area (Å²) in [6, 6.07) is 15.9. The maximum Gasteiger partial charge on any atom is 0.262 e. The van der Waals surface area contributed by atoms with Gasteiger partial charge in [0.15, 0.2) is 0 Å². The lowest BCUT2D eigenvalue weighted by molar-refractivity contribution is 0.0915. The largest absolute Gasteiger partial charge is 0.491 e. The number of rotatable bonds is 6. The molecule has 0 spiro atoms. The van der Waals surface area contributed by atoms with Crippen molar-refractivity contribution in [2.75, 3.05) is 6.61 Å². The van der Waals surface area contributed by atoms with Gasteiger partial charge in [0.2, 0.25) is 0 Å². The van der Waals surface area contributed by atoms with Gasteiger partial charge in [-0.25, -0.2) is 4.98 Å². The second-order valence-electron chi connectivity index (χ2n) is 6.64. The molecule has 0 saturated carbocycles. The lowest BCUT2D eigenvalue weighted by atomic mass is 10.1. The maximum atomic E-state index is 13.1. The van der Waals surface area contributed by atoms with E-state index in [0.29, 0.717) is 26.6 Å². The molecular formula is C22H16ClN3O3S. The number of aliphatic hydroxyl groups is 1. The highest BCUT2D eigenvalue weighted by Gasteiger charge is 2.15. The zero-order chi connectivity index (χ0) is 21.1. The summed E-state index contributed by atoms with van der Waals surface area (Å²) in [5.74, 6) is 0.539. The first-order chi connectivity index (χ1) is 14.5. The molecule has 0 saturated heterocycles. The van der Waals surface area contributed by atoms with Gasteiger partial charge in [-0.2, -0.15) is 5.26 Å². The minimum Gasteiger partial charge on any atom is -0.491 e. The summed E-state index contributed by atoms with van der Waals surface area (Å²) in [6.45, 7) is 0.0536. The number of thiophene rings is 1. The third-order valence-corrected chi connectivity index (χ3v) is 5.69. The van der Waals surface area contributed by atoms with Crippen molar-refractivity contribution in [3.8, 4) is 22.9 Å². The van der Waals surface area contributed by atoms with E-state index in [1.807, 2.05) is 23.6 Å². The number of benzene rings is 2. The Bertz CT molecular complexity index is 1270. The highest BCUT2D eigenvalue weighted by Crippen LogP contribution is 2.31. The molecule has 4 aromatic rings. The van der Waals surface area contributed by atoms with Crippen LogP contribution < -0.4 is 10.3 Å². The van der Waals surface area contributed by atoms with E-state index in [9.17, 15) is 9.90 Å². The van der Waals surface area contributed by atoms with E-state index in [-0.39, 0.29) is 18.7 Å². The van der Waals surface area contributed by atoms with Crippen LogP contribution in [-0.4, -0.2) is 27.4 Å². The first-order valence-corrected chi connectivity index (χ1v) is 10.3. The summed E-state index contributed by atoms with van der Waals surface area (Å²) in [5.41, 5.74) is 1.98. The number of aromatic nitrogens is 2. The summed E-state index contributed by atoms with van der Waals surface area (Å²) in [7, 11) is 0. The topological polar surface area (TPSA) is 88.1 Å². The van der Waals surface area contributed by atoms with Crippen LogP contribution >= 0.6 is 22.9 Å². The summed E-state index contributed by atoms with van der Waals surface area (Å²) in [5, 5.41) is 22.2. The van der Waals surface area contributed by atoms with Gasteiger partial charge < -0.3 is 9.84 Å². The normalized spacial score (nSPS) is 11.9. The number of ether oxygens (including phenoxy) is 1. The van der Waals surface area contributed by atoms with Crippen molar-refractivity contribution in [3.63, 3.8) is 0 Å². The lowest BCUT2D eigenvalue weighted by Gasteiger charge is -2.14. The van der Waals surface area contributed by atoms with Crippen LogP contribution in [0.4, 0.5) is 0 Å². The Balaban J connectivity index is 1.53. The van der Waals surface area contributed by atoms with E-state index in [1.165, 1.54) is 22.2 Å². The van der Waals surface area contributed by atoms with Crippen LogP contribution in [0, 0.1) is 11.3 Å². The molecule has 0 radical (unpaired) electrons. The molecule has 0 amide bonds. The molecular weight excluding hydrogens is 422 g/mol. The van der Waals surface area contributed by atoms with Gasteiger partial charge in [-0.3, -0.25) is 9.36 Å². The number of hydrogen-bond acceptors (Lipinski definition) is 6. The van der Waals surface area contributed by atoms with Crippen molar-refractivity contribution in [1.82, 2.24) is 9.55 Å². The van der Waals surface area contributed by atoms with E-state index in [2.05, 4.69) is 4.98 Å². The molecule has 2 aromatic heterocycles. The molecule has 0 aliphatic rings. The molecule has 6 nitrogen and oxygen atoms in total. The predicted molar refractivity (Wildman–Crippen MR) is 117 cm³/mol. The molecule has 0 aliphatic carbocycles. The maximum absolute atomic E-state index is 13.1. The Morgan fingerprint density at radius 2 is 1.93 bits per heavy atom. The first-order valence-electron chi connectivity index (χ1n) is 9.09. The first kappa shape index (κ1) is 20.1. The second-order valence-corrected chi connectivity index (χ2v) is 7.93. The average molecular weight is 438 g/mol. The summed E-state index contributed by atoms with van der Waals surface area (Å²) in [6.07, 6.45) is 0.535. The van der Waals surface area contributed by atoms with Crippen molar-refractivity contribution < 1.29 is 9.84 Å². The zero-order valence-corrected chi connectivity index (χ0v) is 17.2. The third-order valence-electron chi connectivity index (χ3n) is 4.55. The van der Waals surface area contributed by atoms with Crippen molar-refractivity contribution >= 4 is 33.2 Å². The van der Waals surface area contributed by atoms with Crippen LogP contribution in [0.3, 0.4) is 0 Å². The summed E-state index contributed by atoms with van der Waals surface area (Å²) < 4.78 is 6.94. The Labute approximate surface area is 181 Å². The standard InChI is InChI=1S/C22H16ClN3O3S/c23-16-5-3-15(4-6-16)19-12-30-21-20(19)22(28)26(13-25-21)10-17(27)11-29-18-7-1-14(9-24)2-8-18/h1-8,12-13,17,27H,10-11H2/t17-/m0/s1. The van der Waals surface area contributed by atoms with Gasteiger partial charge in [0.05, 0.1) is 29.9 Å². The van der Waals surface area contributed by atoms with Crippen LogP contribution in [0.5, 0.6) is 5.75 Å². The monoisotopic (exact) mass is 437 g/mol. The summed E-state index contributed by atoms with van der Waals surface area (Å²) in [4.78, 5) is 18.1. The van der Waals surface area contributed by atoms with Gasteiger partial charge in [-0.05, 0) is 42.0 Å². The number of halogens is 1. The predicted octanol–water partition coefficient (Wildman–Crippen LogP) is 4.09. The summed E-state index contributed by atoms with van der Waals surface area (Å²) >= 11 is 7.36. The molecule has 0 fully saturated rings. The minimum absolute atomic E-state index is 0.00402. The van der Waals surface area contributed by atoms with Crippen LogP contribution in [0.1, 0.15) is 5.56 Å². The van der Waals surface area contributed by atoms with Gasteiger partial charge in [-0.15, -0.1) is 11.3 Å². The molecule has 150 valence electrons. The van der Waals surface area contributed by atoms with E-state index in [4.69, 9.17) is 21.6 Å². The SMILES string of the molecule is N#Cc1ccc(OC[C@@H](O)Cn2cnc3scc(-c4ccc(Cl)cc4)c3c2=O)cc1.